The van der Waals surface area contributed by atoms with Crippen molar-refractivity contribution < 1.29 is 31.8 Å². The van der Waals surface area contributed by atoms with E-state index in [1.54, 1.807) is 36.4 Å². The molecule has 2 aliphatic heterocycles. The Labute approximate surface area is 865 Å². The van der Waals surface area contributed by atoms with E-state index in [0.717, 1.165) is 95.3 Å². The molecule has 0 radical (unpaired) electrons. The Morgan fingerprint density at radius 2 is 0.464 bits per heavy atom. The van der Waals surface area contributed by atoms with Crippen molar-refractivity contribution in [3.8, 4) is 147 Å². The maximum absolute atomic E-state index is 15.6. The van der Waals surface area contributed by atoms with E-state index >= 15 is 4.39 Å². The van der Waals surface area contributed by atoms with Gasteiger partial charge < -0.3 is 18.6 Å². The van der Waals surface area contributed by atoms with Crippen LogP contribution in [-0.4, -0.2) is 96.4 Å². The Morgan fingerprint density at radius 3 is 0.746 bits per heavy atom. The fourth-order valence-corrected chi connectivity index (χ4v) is 14.6. The number of benzene rings is 13. The molecule has 0 aliphatic carbocycles. The summed E-state index contributed by atoms with van der Waals surface area (Å²) in [5, 5.41) is 0.398. The van der Waals surface area contributed by atoms with Crippen LogP contribution in [0.1, 0.15) is 55.4 Å². The van der Waals surface area contributed by atoms with Gasteiger partial charge in [0.25, 0.3) is 0 Å². The van der Waals surface area contributed by atoms with E-state index < -0.39 is 54.1 Å². The average molecular weight is 2560 g/mol. The van der Waals surface area contributed by atoms with E-state index in [1.807, 2.05) is 377 Å². The molecule has 2 fully saturated rings. The van der Waals surface area contributed by atoms with E-state index in [1.165, 1.54) is 18.2 Å². The molecule has 0 saturated carbocycles. The van der Waals surface area contributed by atoms with E-state index in [4.69, 9.17) is 78.3 Å². The summed E-state index contributed by atoms with van der Waals surface area (Å²) in [6, 6.07) is 118. The molecule has 2 aliphatic rings. The summed E-state index contributed by atoms with van der Waals surface area (Å²) in [6.07, 6.45) is 0. The first kappa shape index (κ1) is 103. The van der Waals surface area contributed by atoms with Gasteiger partial charge in [-0.25, -0.2) is 73.0 Å². The molecule has 5 aromatic heterocycles. The summed E-state index contributed by atoms with van der Waals surface area (Å²) in [5.74, 6) is 2.00. The SMILES string of the molecule is CC1(C)OB(c2ccc(F)c(Cl)c2)OC1(C)C.CC1(C)OB(c2nc(-c3ccccc3)nc(-c3ccccc3)n2)OC1(C)C.Clc1nc(-c2ccccc2)cc(-c2ccccc2)n1.Fc1ccc(-c2nc(-c3ccccc3)cc(-c3ccccc3)n2)cc1-c1nc(-c2ccccc2)nc(-c2ccccc2)n1.Fc1ccc(-c2nc(-c3ccccc3)cc(-c3ccccc3)n2)cc1Cl.II(I)I(I)I. The maximum atomic E-state index is 15.6. The number of nitrogens with zero attached hydrogens (tertiary/aromatic N) is 12. The molecule has 2 saturated heterocycles. The second-order valence-corrected chi connectivity index (χ2v) is 132. The van der Waals surface area contributed by atoms with Crippen molar-refractivity contribution in [3.05, 3.63) is 409 Å². The van der Waals surface area contributed by atoms with Crippen LogP contribution in [0, 0.1) is 17.5 Å². The molecule has 692 valence electrons. The summed E-state index contributed by atoms with van der Waals surface area (Å²) in [7, 11) is -1.77. The first-order valence-electron chi connectivity index (χ1n) is 43.4. The van der Waals surface area contributed by atoms with Crippen molar-refractivity contribution in [2.75, 3.05) is 0 Å². The Kier molecular flexibility index (Phi) is 35.4. The van der Waals surface area contributed by atoms with Crippen LogP contribution in [0.5, 0.6) is 0 Å². The summed E-state index contributed by atoms with van der Waals surface area (Å²) >= 11 is 28.2. The number of aromatic nitrogens is 12. The summed E-state index contributed by atoms with van der Waals surface area (Å²) in [6.45, 7) is 16.0. The number of hydrogen-bond donors (Lipinski definition) is 0. The molecular formula is C108H86B2Cl3F3I6N12O4. The third-order valence-electron chi connectivity index (χ3n) is 22.6. The zero-order valence-corrected chi connectivity index (χ0v) is 90.7. The standard InChI is InChI=1S/C37H24FN5.C22H14ClFN2.C21H22BN3O2.C16H11ClN2.C12H15BClFO2.I6/c38-31-22-21-29(36-39-32(25-13-5-1-6-14-25)24-33(40-36)26-15-7-2-8-16-26)23-30(31)37-42-34(27-17-9-3-10-18-27)41-35(43-37)28-19-11-4-12-20-28;23-18-13-17(11-12-19(18)24)22-25-20(15-7-3-1-4-8-15)14-21(26-22)16-9-5-2-6-10-16;1-20(2)21(3,4)27-22(26-20)19-24-17(15-11-7-5-8-12-15)23-18(25-19)16-13-9-6-10-14-16;17-16-18-14(12-7-3-1-4-8-12)11-15(19-16)13-9-5-2-6-10-13;1-11(2)12(3,4)17-13(16-11)8-5-6-10(15)9(14)7-8;1-5(2)6(3)4/h1-24H;1-14H;5-14H,1-4H3;1-11H;5-7H,1-4H3;. The fourth-order valence-electron chi connectivity index (χ4n) is 14.0. The third kappa shape index (κ3) is 26.9. The number of rotatable bonds is 16. The second-order valence-electron chi connectivity index (χ2n) is 33.1. The summed E-state index contributed by atoms with van der Waals surface area (Å²) in [4.78, 5) is 55.9. The topological polar surface area (TPSA) is 192 Å². The van der Waals surface area contributed by atoms with Gasteiger partial charge in [0.05, 0.1) is 72.2 Å². The van der Waals surface area contributed by atoms with Gasteiger partial charge in [-0.3, -0.25) is 0 Å². The van der Waals surface area contributed by atoms with Crippen LogP contribution < -0.4 is 11.2 Å². The Morgan fingerprint density at radius 1 is 0.232 bits per heavy atom. The van der Waals surface area contributed by atoms with Crippen molar-refractivity contribution in [3.63, 3.8) is 0 Å². The molecule has 20 rings (SSSR count). The molecule has 18 aromatic rings. The van der Waals surface area contributed by atoms with Crippen LogP contribution in [0.25, 0.3) is 147 Å². The zero-order chi connectivity index (χ0) is 97.1. The van der Waals surface area contributed by atoms with Gasteiger partial charge in [-0.15, -0.1) is 0 Å². The molecular weight excluding hydrogens is 2480 g/mol. The Hall–Kier alpha value is -9.87. The van der Waals surface area contributed by atoms with Gasteiger partial charge in [0, 0.05) is 66.8 Å². The quantitative estimate of drug-likeness (QED) is 0.0503. The van der Waals surface area contributed by atoms with E-state index in [-0.39, 0.29) is 42.5 Å². The van der Waals surface area contributed by atoms with Gasteiger partial charge in [-0.05, 0) is 139 Å². The van der Waals surface area contributed by atoms with E-state index in [9.17, 15) is 8.78 Å². The van der Waals surface area contributed by atoms with Crippen molar-refractivity contribution in [2.45, 2.75) is 77.8 Å². The van der Waals surface area contributed by atoms with Crippen LogP contribution in [0.2, 0.25) is 15.3 Å². The van der Waals surface area contributed by atoms with Crippen molar-refractivity contribution in [1.29, 1.82) is 0 Å². The second kappa shape index (κ2) is 47.6. The minimum absolute atomic E-state index is 0.0532. The monoisotopic (exact) mass is 2560 g/mol. The molecule has 0 atom stereocenters. The predicted octanol–water partition coefficient (Wildman–Crippen LogP) is 31.1. The molecule has 30 heteroatoms. The van der Waals surface area contributed by atoms with Gasteiger partial charge >= 0.3 is 104 Å². The van der Waals surface area contributed by atoms with Gasteiger partial charge in [0.1, 0.15) is 17.5 Å². The van der Waals surface area contributed by atoms with Crippen molar-refractivity contribution >= 4 is 150 Å². The molecule has 0 unspecified atom stereocenters. The first-order chi connectivity index (χ1) is 66.5. The Bertz CT molecular complexity index is 6830. The molecule has 13 aromatic carbocycles. The molecule has 7 heterocycles. The normalized spacial score (nSPS) is 13.6. The zero-order valence-electron chi connectivity index (χ0n) is 75.5. The van der Waals surface area contributed by atoms with Gasteiger partial charge in [0.15, 0.2) is 46.5 Å². The molecule has 0 amide bonds. The molecule has 0 spiro atoms. The average Bonchev–Trinajstić information content (AvgIpc) is 1.69. The van der Waals surface area contributed by atoms with Gasteiger partial charge in [0.2, 0.25) is 5.28 Å². The molecule has 0 N–H and O–H groups in total. The van der Waals surface area contributed by atoms with Crippen LogP contribution in [-0.2, 0) is 18.6 Å². The number of halogens is 12. The molecule has 138 heavy (non-hydrogen) atoms. The Balaban J connectivity index is 0.000000134. The van der Waals surface area contributed by atoms with Crippen molar-refractivity contribution in [2.24, 2.45) is 0 Å². The number of hydrogen-bond acceptors (Lipinski definition) is 16. The fraction of sp³-hybridized carbons (Fsp3) is 0.111. The van der Waals surface area contributed by atoms with Crippen LogP contribution in [0.4, 0.5) is 13.2 Å². The molecule has 16 nitrogen and oxygen atoms in total. The summed E-state index contributed by atoms with van der Waals surface area (Å²) < 4.78 is 66.2. The van der Waals surface area contributed by atoms with E-state index in [0.29, 0.717) is 51.8 Å². The van der Waals surface area contributed by atoms with E-state index in [2.05, 4.69) is 109 Å². The molecule has 0 bridgehead atoms. The van der Waals surface area contributed by atoms with Crippen LogP contribution in [0.3, 0.4) is 0 Å². The predicted molar refractivity (Wildman–Crippen MR) is 607 cm³/mol. The first-order valence-corrected chi connectivity index (χ1v) is 75.9. The van der Waals surface area contributed by atoms with Crippen molar-refractivity contribution in [1.82, 2.24) is 59.8 Å². The third-order valence-corrected chi connectivity index (χ3v) is 189. The van der Waals surface area contributed by atoms with Crippen LogP contribution >= 0.6 is 125 Å². The summed E-state index contributed by atoms with van der Waals surface area (Å²) in [5.41, 5.74) is 15.3. The minimum atomic E-state index is -0.636. The van der Waals surface area contributed by atoms with Gasteiger partial charge in [-0.1, -0.05) is 333 Å². The van der Waals surface area contributed by atoms with Crippen LogP contribution in [0.15, 0.2) is 376 Å². The van der Waals surface area contributed by atoms with Gasteiger partial charge in [-0.2, -0.15) is 0 Å².